The van der Waals surface area contributed by atoms with Crippen molar-refractivity contribution >= 4 is 47.4 Å². The Balaban J connectivity index is 0.00000128. The zero-order valence-electron chi connectivity index (χ0n) is 9.41. The summed E-state index contributed by atoms with van der Waals surface area (Å²) in [4.78, 5) is 8.76. The van der Waals surface area contributed by atoms with Crippen molar-refractivity contribution in [2.75, 3.05) is 49.9 Å². The monoisotopic (exact) mass is 300 g/mol. The van der Waals surface area contributed by atoms with Crippen molar-refractivity contribution in [2.24, 2.45) is 5.73 Å². The van der Waals surface area contributed by atoms with Gasteiger partial charge in [0, 0.05) is 50.8 Å². The van der Waals surface area contributed by atoms with E-state index in [0.29, 0.717) is 5.95 Å². The van der Waals surface area contributed by atoms with Crippen LogP contribution < -0.4 is 16.4 Å². The number of halogens is 2. The molecule has 0 saturated carbocycles. The van der Waals surface area contributed by atoms with Gasteiger partial charge < -0.3 is 16.4 Å². The molecule has 17 heavy (non-hydrogen) atoms. The Labute approximate surface area is 117 Å². The van der Waals surface area contributed by atoms with Crippen molar-refractivity contribution in [3.05, 3.63) is 0 Å². The Morgan fingerprint density at radius 2 is 1.82 bits per heavy atom. The highest BCUT2D eigenvalue weighted by Gasteiger charge is 2.18. The van der Waals surface area contributed by atoms with Crippen molar-refractivity contribution in [2.45, 2.75) is 0 Å². The normalized spacial score (nSPS) is 16.2. The number of nitrogens with two attached hydrogens (primary N) is 2. The fourth-order valence-corrected chi connectivity index (χ4v) is 2.35. The lowest BCUT2D eigenvalue weighted by atomic mass is 10.3. The molecule has 0 bridgehead atoms. The molecule has 9 heteroatoms. The van der Waals surface area contributed by atoms with Crippen molar-refractivity contribution in [1.82, 2.24) is 14.3 Å². The molecule has 0 spiro atoms. The second kappa shape index (κ2) is 7.88. The van der Waals surface area contributed by atoms with Gasteiger partial charge in [-0.15, -0.1) is 24.8 Å². The number of hydrogen-bond donors (Lipinski definition) is 2. The Hall–Kier alpha value is -0.340. The lowest BCUT2D eigenvalue weighted by molar-refractivity contribution is 0.265. The van der Waals surface area contributed by atoms with E-state index in [9.17, 15) is 0 Å². The standard InChI is InChI=1S/C8H16N6S.2ClH/c9-1-2-13-3-5-14(6-4-13)8-11-7(10)12-15-8;;/h1-6,9H2,(H2,10,12);2*1H. The molecule has 0 radical (unpaired) electrons. The molecule has 1 saturated heterocycles. The van der Waals surface area contributed by atoms with Crippen molar-refractivity contribution in [1.29, 1.82) is 0 Å². The molecule has 1 fully saturated rings. The second-order valence-corrected chi connectivity index (χ2v) is 4.28. The molecule has 6 nitrogen and oxygen atoms in total. The average molecular weight is 301 g/mol. The summed E-state index contributed by atoms with van der Waals surface area (Å²) in [5.41, 5.74) is 11.0. The van der Waals surface area contributed by atoms with Crippen LogP contribution >= 0.6 is 36.3 Å². The lowest BCUT2D eigenvalue weighted by Crippen LogP contribution is -2.47. The molecule has 0 unspecified atom stereocenters. The molecule has 100 valence electrons. The fourth-order valence-electron chi connectivity index (χ4n) is 1.70. The van der Waals surface area contributed by atoms with E-state index in [-0.39, 0.29) is 24.8 Å². The molecule has 4 N–H and O–H groups in total. The van der Waals surface area contributed by atoms with Crippen molar-refractivity contribution < 1.29 is 0 Å². The quantitative estimate of drug-likeness (QED) is 0.820. The van der Waals surface area contributed by atoms with Crippen LogP contribution in [0.2, 0.25) is 0 Å². The highest BCUT2D eigenvalue weighted by Crippen LogP contribution is 2.19. The van der Waals surface area contributed by atoms with Crippen LogP contribution in [0.3, 0.4) is 0 Å². The molecular formula is C8H18Cl2N6S. The summed E-state index contributed by atoms with van der Waals surface area (Å²) in [5.74, 6) is 0.374. The van der Waals surface area contributed by atoms with Gasteiger partial charge in [-0.25, -0.2) is 0 Å². The molecule has 0 aromatic carbocycles. The van der Waals surface area contributed by atoms with E-state index in [1.54, 1.807) is 0 Å². The van der Waals surface area contributed by atoms with E-state index in [1.807, 2.05) is 0 Å². The first-order valence-corrected chi connectivity index (χ1v) is 5.83. The van der Waals surface area contributed by atoms with Crippen LogP contribution in [0.4, 0.5) is 11.1 Å². The van der Waals surface area contributed by atoms with Gasteiger partial charge in [-0.1, -0.05) is 0 Å². The molecule has 1 aliphatic heterocycles. The molecule has 0 amide bonds. The highest BCUT2D eigenvalue weighted by molar-refractivity contribution is 7.09. The van der Waals surface area contributed by atoms with Gasteiger partial charge in [0.2, 0.25) is 11.1 Å². The molecule has 2 rings (SSSR count). The van der Waals surface area contributed by atoms with E-state index >= 15 is 0 Å². The first kappa shape index (κ1) is 16.7. The van der Waals surface area contributed by atoms with E-state index in [2.05, 4.69) is 19.2 Å². The van der Waals surface area contributed by atoms with Gasteiger partial charge in [0.25, 0.3) is 0 Å². The SMILES string of the molecule is Cl.Cl.NCCN1CCN(c2nc(N)ns2)CC1. The number of anilines is 2. The smallest absolute Gasteiger partial charge is 0.233 e. The van der Waals surface area contributed by atoms with Crippen LogP contribution in [-0.2, 0) is 0 Å². The molecule has 0 aliphatic carbocycles. The number of nitrogens with zero attached hydrogens (tertiary/aromatic N) is 4. The topological polar surface area (TPSA) is 84.3 Å². The Bertz CT molecular complexity index is 315. The van der Waals surface area contributed by atoms with Crippen LogP contribution in [0.15, 0.2) is 0 Å². The van der Waals surface area contributed by atoms with Gasteiger partial charge in [0.15, 0.2) is 0 Å². The molecular weight excluding hydrogens is 283 g/mol. The van der Waals surface area contributed by atoms with Crippen LogP contribution in [0.25, 0.3) is 0 Å². The molecule has 1 aromatic heterocycles. The molecule has 1 aliphatic rings. The Morgan fingerprint density at radius 1 is 1.18 bits per heavy atom. The van der Waals surface area contributed by atoms with E-state index in [4.69, 9.17) is 11.5 Å². The predicted molar refractivity (Wildman–Crippen MR) is 76.5 cm³/mol. The maximum atomic E-state index is 5.52. The molecule has 1 aromatic rings. The zero-order chi connectivity index (χ0) is 10.7. The summed E-state index contributed by atoms with van der Waals surface area (Å²) < 4.78 is 3.98. The van der Waals surface area contributed by atoms with Gasteiger partial charge in [-0.3, -0.25) is 4.90 Å². The second-order valence-electron chi connectivity index (χ2n) is 3.55. The van der Waals surface area contributed by atoms with Gasteiger partial charge in [-0.05, 0) is 0 Å². The van der Waals surface area contributed by atoms with E-state index in [0.717, 1.165) is 44.4 Å². The van der Waals surface area contributed by atoms with Gasteiger partial charge in [0.05, 0.1) is 0 Å². The third kappa shape index (κ3) is 4.44. The largest absolute Gasteiger partial charge is 0.367 e. The van der Waals surface area contributed by atoms with Gasteiger partial charge in [0.1, 0.15) is 0 Å². The number of hydrogen-bond acceptors (Lipinski definition) is 7. The Morgan fingerprint density at radius 3 is 2.29 bits per heavy atom. The minimum Gasteiger partial charge on any atom is -0.367 e. The summed E-state index contributed by atoms with van der Waals surface area (Å²) in [6.45, 7) is 5.74. The fraction of sp³-hybridized carbons (Fsp3) is 0.750. The van der Waals surface area contributed by atoms with Gasteiger partial charge >= 0.3 is 0 Å². The van der Waals surface area contributed by atoms with Crippen LogP contribution in [0.5, 0.6) is 0 Å². The minimum absolute atomic E-state index is 0. The zero-order valence-corrected chi connectivity index (χ0v) is 11.9. The number of nitrogen functional groups attached to an aromatic ring is 1. The predicted octanol–water partition coefficient (Wildman–Crippen LogP) is 0.0446. The highest BCUT2D eigenvalue weighted by atomic mass is 35.5. The van der Waals surface area contributed by atoms with Crippen LogP contribution in [-0.4, -0.2) is 53.5 Å². The first-order chi connectivity index (χ1) is 7.29. The number of rotatable bonds is 3. The average Bonchev–Trinajstić information content (AvgIpc) is 2.67. The number of aromatic nitrogens is 2. The summed E-state index contributed by atoms with van der Waals surface area (Å²) in [5, 5.41) is 0.930. The summed E-state index contributed by atoms with van der Waals surface area (Å²) >= 11 is 1.37. The number of piperazine rings is 1. The maximum absolute atomic E-state index is 5.52. The van der Waals surface area contributed by atoms with Crippen molar-refractivity contribution in [3.8, 4) is 0 Å². The van der Waals surface area contributed by atoms with Crippen LogP contribution in [0, 0.1) is 0 Å². The maximum Gasteiger partial charge on any atom is 0.233 e. The summed E-state index contributed by atoms with van der Waals surface area (Å²) in [6.07, 6.45) is 0. The van der Waals surface area contributed by atoms with E-state index < -0.39 is 0 Å². The lowest BCUT2D eigenvalue weighted by Gasteiger charge is -2.33. The van der Waals surface area contributed by atoms with E-state index in [1.165, 1.54) is 11.5 Å². The molecule has 2 heterocycles. The summed E-state index contributed by atoms with van der Waals surface area (Å²) in [7, 11) is 0. The van der Waals surface area contributed by atoms with Gasteiger partial charge in [-0.2, -0.15) is 9.36 Å². The third-order valence-electron chi connectivity index (χ3n) is 2.52. The Kier molecular flexibility index (Phi) is 7.73. The third-order valence-corrected chi connectivity index (χ3v) is 3.31. The molecule has 0 atom stereocenters. The van der Waals surface area contributed by atoms with Crippen LogP contribution in [0.1, 0.15) is 0 Å². The minimum atomic E-state index is 0. The first-order valence-electron chi connectivity index (χ1n) is 5.06. The van der Waals surface area contributed by atoms with Crippen molar-refractivity contribution in [3.63, 3.8) is 0 Å². The summed E-state index contributed by atoms with van der Waals surface area (Å²) in [6, 6.07) is 0.